The Bertz CT molecular complexity index is 1050. The Morgan fingerprint density at radius 1 is 1.12 bits per heavy atom. The van der Waals surface area contributed by atoms with Gasteiger partial charge in [-0.2, -0.15) is 0 Å². The van der Waals surface area contributed by atoms with Gasteiger partial charge in [-0.1, -0.05) is 18.2 Å². The Hall–Kier alpha value is -4.28. The molecule has 2 amide bonds. The molecular formula is C22H23N3O8. The van der Waals surface area contributed by atoms with Gasteiger partial charge in [-0.3, -0.25) is 24.5 Å². The van der Waals surface area contributed by atoms with Crippen molar-refractivity contribution in [2.45, 2.75) is 32.2 Å². The minimum absolute atomic E-state index is 0.0753. The largest absolute Gasteiger partial charge is 0.480 e. The molecule has 0 spiro atoms. The maximum Gasteiger partial charge on any atom is 0.326 e. The first-order valence-corrected chi connectivity index (χ1v) is 9.93. The highest BCUT2D eigenvalue weighted by Crippen LogP contribution is 2.27. The monoisotopic (exact) mass is 457 g/mol. The van der Waals surface area contributed by atoms with Gasteiger partial charge in [-0.25, -0.2) is 4.79 Å². The molecule has 0 fully saturated rings. The maximum atomic E-state index is 12.8. The molecule has 0 radical (unpaired) electrons. The second kappa shape index (κ2) is 11.4. The van der Waals surface area contributed by atoms with E-state index in [1.54, 1.807) is 13.0 Å². The molecule has 0 aliphatic heterocycles. The van der Waals surface area contributed by atoms with Crippen molar-refractivity contribution in [2.24, 2.45) is 0 Å². The molecule has 2 aromatic carbocycles. The van der Waals surface area contributed by atoms with Crippen molar-refractivity contribution in [2.75, 3.05) is 11.9 Å². The molecule has 2 aromatic rings. The van der Waals surface area contributed by atoms with E-state index in [1.165, 1.54) is 49.4 Å². The zero-order valence-corrected chi connectivity index (χ0v) is 17.9. The molecule has 0 aromatic heterocycles. The van der Waals surface area contributed by atoms with Gasteiger partial charge in [0.25, 0.3) is 11.6 Å². The van der Waals surface area contributed by atoms with E-state index >= 15 is 0 Å². The zero-order valence-electron chi connectivity index (χ0n) is 17.9. The number of nitro benzene ring substituents is 1. The molecule has 0 bridgehead atoms. The van der Waals surface area contributed by atoms with Crippen LogP contribution in [0.25, 0.3) is 0 Å². The molecule has 0 aliphatic carbocycles. The number of rotatable bonds is 10. The smallest absolute Gasteiger partial charge is 0.326 e. The Kier molecular flexibility index (Phi) is 8.61. The van der Waals surface area contributed by atoms with Crippen LogP contribution in [0, 0.1) is 10.1 Å². The number of nitrogens with one attached hydrogen (secondary N) is 2. The summed E-state index contributed by atoms with van der Waals surface area (Å²) in [6.07, 6.45) is -0.380. The molecule has 2 atom stereocenters. The number of benzene rings is 2. The number of amides is 2. The lowest BCUT2D eigenvalue weighted by molar-refractivity contribution is -0.384. The molecule has 0 aliphatic rings. The molecule has 0 saturated heterocycles. The summed E-state index contributed by atoms with van der Waals surface area (Å²) in [7, 11) is 0. The van der Waals surface area contributed by atoms with Crippen LogP contribution < -0.4 is 10.6 Å². The first-order chi connectivity index (χ1) is 15.6. The highest BCUT2D eigenvalue weighted by atomic mass is 16.6. The molecule has 11 nitrogen and oxygen atoms in total. The molecular weight excluding hydrogens is 434 g/mol. The SMILES string of the molecule is CCOC(=O)C[C@H](c1ccc([N+](=O)[O-])cc1)[C@H](NC(=O)c1cccc(NC(C)=O)c1)C(=O)O. The third-order valence-corrected chi connectivity index (χ3v) is 4.62. The van der Waals surface area contributed by atoms with Gasteiger partial charge in [0.15, 0.2) is 0 Å². The number of carbonyl (C=O) groups excluding carboxylic acids is 3. The predicted octanol–water partition coefficient (Wildman–Crippen LogP) is 2.47. The second-order valence-electron chi connectivity index (χ2n) is 7.02. The summed E-state index contributed by atoms with van der Waals surface area (Å²) in [6.45, 7) is 2.97. The predicted molar refractivity (Wildman–Crippen MR) is 117 cm³/mol. The van der Waals surface area contributed by atoms with Crippen LogP contribution in [0.5, 0.6) is 0 Å². The number of anilines is 1. The lowest BCUT2D eigenvalue weighted by atomic mass is 9.88. The van der Waals surface area contributed by atoms with E-state index in [2.05, 4.69) is 10.6 Å². The number of hydrogen-bond donors (Lipinski definition) is 3. The summed E-state index contributed by atoms with van der Waals surface area (Å²) in [5, 5.41) is 25.7. The van der Waals surface area contributed by atoms with Crippen LogP contribution in [0.1, 0.15) is 42.1 Å². The van der Waals surface area contributed by atoms with Gasteiger partial charge in [0, 0.05) is 36.2 Å². The van der Waals surface area contributed by atoms with Crippen LogP contribution in [-0.2, 0) is 19.1 Å². The molecule has 0 unspecified atom stereocenters. The van der Waals surface area contributed by atoms with Crippen LogP contribution in [-0.4, -0.2) is 46.4 Å². The topological polar surface area (TPSA) is 165 Å². The van der Waals surface area contributed by atoms with Gasteiger partial charge >= 0.3 is 11.9 Å². The third-order valence-electron chi connectivity index (χ3n) is 4.62. The quantitative estimate of drug-likeness (QED) is 0.278. The summed E-state index contributed by atoms with van der Waals surface area (Å²) in [4.78, 5) is 58.6. The molecule has 174 valence electrons. The average Bonchev–Trinajstić information content (AvgIpc) is 2.75. The third kappa shape index (κ3) is 7.13. The lowest BCUT2D eigenvalue weighted by Gasteiger charge is -2.25. The van der Waals surface area contributed by atoms with Crippen molar-refractivity contribution in [1.82, 2.24) is 5.32 Å². The molecule has 3 N–H and O–H groups in total. The number of carboxylic acid groups (broad SMARTS) is 1. The van der Waals surface area contributed by atoms with E-state index in [1.807, 2.05) is 0 Å². The standard InChI is InChI=1S/C22H23N3O8/c1-3-33-19(27)12-18(14-7-9-17(10-8-14)25(31)32)20(22(29)30)24-21(28)15-5-4-6-16(11-15)23-13(2)26/h4-11,18,20H,3,12H2,1-2H3,(H,23,26)(H,24,28)(H,29,30)/t18-,20+/m1/s1. The van der Waals surface area contributed by atoms with Crippen LogP contribution in [0.15, 0.2) is 48.5 Å². The minimum Gasteiger partial charge on any atom is -0.480 e. The highest BCUT2D eigenvalue weighted by Gasteiger charge is 2.33. The van der Waals surface area contributed by atoms with Crippen molar-refractivity contribution in [3.63, 3.8) is 0 Å². The summed E-state index contributed by atoms with van der Waals surface area (Å²) in [5.74, 6) is -4.25. The van der Waals surface area contributed by atoms with Gasteiger partial charge < -0.3 is 20.5 Å². The van der Waals surface area contributed by atoms with Crippen molar-refractivity contribution in [3.05, 3.63) is 69.8 Å². The molecule has 33 heavy (non-hydrogen) atoms. The van der Waals surface area contributed by atoms with Gasteiger partial charge in [-0.05, 0) is 30.7 Å². The minimum atomic E-state index is -1.55. The van der Waals surface area contributed by atoms with E-state index < -0.39 is 34.7 Å². The first-order valence-electron chi connectivity index (χ1n) is 9.93. The van der Waals surface area contributed by atoms with Crippen LogP contribution >= 0.6 is 0 Å². The number of aliphatic carboxylic acids is 1. The lowest BCUT2D eigenvalue weighted by Crippen LogP contribution is -2.45. The van der Waals surface area contributed by atoms with Crippen LogP contribution in [0.4, 0.5) is 11.4 Å². The number of non-ortho nitro benzene ring substituents is 1. The average molecular weight is 457 g/mol. The number of nitrogens with zero attached hydrogens (tertiary/aromatic N) is 1. The Morgan fingerprint density at radius 2 is 1.79 bits per heavy atom. The van der Waals surface area contributed by atoms with E-state index in [0.29, 0.717) is 11.3 Å². The number of carbonyl (C=O) groups is 4. The zero-order chi connectivity index (χ0) is 24.5. The van der Waals surface area contributed by atoms with Crippen molar-refractivity contribution >= 4 is 35.1 Å². The highest BCUT2D eigenvalue weighted by molar-refractivity contribution is 5.98. The van der Waals surface area contributed by atoms with Gasteiger partial charge in [0.1, 0.15) is 6.04 Å². The number of nitro groups is 1. The van der Waals surface area contributed by atoms with Crippen molar-refractivity contribution in [1.29, 1.82) is 0 Å². The fourth-order valence-electron chi connectivity index (χ4n) is 3.17. The molecule has 0 saturated carbocycles. The van der Waals surface area contributed by atoms with Gasteiger partial charge in [0.05, 0.1) is 18.0 Å². The number of ether oxygens (including phenoxy) is 1. The second-order valence-corrected chi connectivity index (χ2v) is 7.02. The Balaban J connectivity index is 2.37. The fraction of sp³-hybridized carbons (Fsp3) is 0.273. The van der Waals surface area contributed by atoms with Gasteiger partial charge in [-0.15, -0.1) is 0 Å². The van der Waals surface area contributed by atoms with E-state index in [9.17, 15) is 34.4 Å². The molecule has 2 rings (SSSR count). The van der Waals surface area contributed by atoms with E-state index in [-0.39, 0.29) is 30.2 Å². The number of hydrogen-bond acceptors (Lipinski definition) is 7. The summed E-state index contributed by atoms with van der Waals surface area (Å²) in [5.41, 5.74) is 0.527. The first kappa shape index (κ1) is 25.0. The van der Waals surface area contributed by atoms with Crippen LogP contribution in [0.3, 0.4) is 0 Å². The Labute approximate surface area is 188 Å². The number of carboxylic acids is 1. The normalized spacial score (nSPS) is 12.2. The maximum absolute atomic E-state index is 12.8. The van der Waals surface area contributed by atoms with Crippen molar-refractivity contribution in [3.8, 4) is 0 Å². The molecule has 11 heteroatoms. The van der Waals surface area contributed by atoms with Gasteiger partial charge in [0.2, 0.25) is 5.91 Å². The molecule has 0 heterocycles. The Morgan fingerprint density at radius 3 is 2.33 bits per heavy atom. The number of esters is 1. The summed E-state index contributed by atoms with van der Waals surface area (Å²) >= 11 is 0. The van der Waals surface area contributed by atoms with Crippen molar-refractivity contribution < 1.29 is 33.9 Å². The van der Waals surface area contributed by atoms with E-state index in [0.717, 1.165) is 0 Å². The van der Waals surface area contributed by atoms with Crippen LogP contribution in [0.2, 0.25) is 0 Å². The summed E-state index contributed by atoms with van der Waals surface area (Å²) in [6, 6.07) is 9.38. The fourth-order valence-corrected chi connectivity index (χ4v) is 3.17. The van der Waals surface area contributed by atoms with E-state index in [4.69, 9.17) is 4.74 Å². The summed E-state index contributed by atoms with van der Waals surface area (Å²) < 4.78 is 4.94.